The maximum absolute atomic E-state index is 13.4. The van der Waals surface area contributed by atoms with Gasteiger partial charge in [0, 0.05) is 18.2 Å². The highest BCUT2D eigenvalue weighted by Crippen LogP contribution is 2.15. The summed E-state index contributed by atoms with van der Waals surface area (Å²) in [5.74, 6) is -1.01. The number of pyridine rings is 1. The maximum Gasteiger partial charge on any atom is 0.151 e. The SMILES string of the molecule is O=Cc1cccnc1Cc1cc(F)ccc1F. The fourth-order valence-corrected chi connectivity index (χ4v) is 1.56. The fraction of sp³-hybridized carbons (Fsp3) is 0.0769. The van der Waals surface area contributed by atoms with Gasteiger partial charge in [-0.05, 0) is 35.9 Å². The third-order valence-electron chi connectivity index (χ3n) is 2.42. The van der Waals surface area contributed by atoms with E-state index in [1.165, 1.54) is 6.20 Å². The molecule has 0 spiro atoms. The summed E-state index contributed by atoms with van der Waals surface area (Å²) in [5, 5.41) is 0. The van der Waals surface area contributed by atoms with Crippen LogP contribution < -0.4 is 0 Å². The third kappa shape index (κ3) is 2.53. The molecule has 0 saturated carbocycles. The van der Waals surface area contributed by atoms with E-state index in [0.717, 1.165) is 18.2 Å². The van der Waals surface area contributed by atoms with Gasteiger partial charge in [-0.15, -0.1) is 0 Å². The molecule has 0 atom stereocenters. The number of benzene rings is 1. The molecule has 0 fully saturated rings. The molecule has 2 nitrogen and oxygen atoms in total. The average molecular weight is 233 g/mol. The molecule has 2 rings (SSSR count). The van der Waals surface area contributed by atoms with E-state index >= 15 is 0 Å². The summed E-state index contributed by atoms with van der Waals surface area (Å²) in [6.45, 7) is 0. The van der Waals surface area contributed by atoms with Crippen molar-refractivity contribution in [2.75, 3.05) is 0 Å². The van der Waals surface area contributed by atoms with E-state index in [9.17, 15) is 13.6 Å². The second kappa shape index (κ2) is 4.82. The van der Waals surface area contributed by atoms with E-state index in [1.54, 1.807) is 12.1 Å². The molecule has 0 bridgehead atoms. The monoisotopic (exact) mass is 233 g/mol. The highest BCUT2D eigenvalue weighted by molar-refractivity contribution is 5.76. The Balaban J connectivity index is 2.37. The highest BCUT2D eigenvalue weighted by atomic mass is 19.1. The van der Waals surface area contributed by atoms with Crippen LogP contribution in [-0.4, -0.2) is 11.3 Å². The number of rotatable bonds is 3. The standard InChI is InChI=1S/C13H9F2NO/c14-11-3-4-12(15)10(6-11)7-13-9(8-17)2-1-5-16-13/h1-6,8H,7H2. The number of hydrogen-bond acceptors (Lipinski definition) is 2. The lowest BCUT2D eigenvalue weighted by Crippen LogP contribution is -2.00. The second-order valence-corrected chi connectivity index (χ2v) is 3.57. The first-order valence-corrected chi connectivity index (χ1v) is 5.03. The summed E-state index contributed by atoms with van der Waals surface area (Å²) in [4.78, 5) is 14.8. The molecular weight excluding hydrogens is 224 g/mol. The molecule has 86 valence electrons. The normalized spacial score (nSPS) is 10.2. The van der Waals surface area contributed by atoms with Crippen LogP contribution in [0.4, 0.5) is 8.78 Å². The summed E-state index contributed by atoms with van der Waals surface area (Å²) < 4.78 is 26.4. The molecule has 0 amide bonds. The summed E-state index contributed by atoms with van der Waals surface area (Å²) in [7, 11) is 0. The van der Waals surface area contributed by atoms with E-state index in [2.05, 4.69) is 4.98 Å². The number of aromatic nitrogens is 1. The van der Waals surface area contributed by atoms with Gasteiger partial charge in [0.1, 0.15) is 11.6 Å². The fourth-order valence-electron chi connectivity index (χ4n) is 1.56. The molecule has 1 aromatic carbocycles. The Kier molecular flexibility index (Phi) is 3.23. The summed E-state index contributed by atoms with van der Waals surface area (Å²) >= 11 is 0. The van der Waals surface area contributed by atoms with Crippen molar-refractivity contribution in [1.29, 1.82) is 0 Å². The van der Waals surface area contributed by atoms with Crippen molar-refractivity contribution in [3.63, 3.8) is 0 Å². The van der Waals surface area contributed by atoms with Gasteiger partial charge < -0.3 is 0 Å². The van der Waals surface area contributed by atoms with Crippen LogP contribution in [0.25, 0.3) is 0 Å². The Morgan fingerprint density at radius 3 is 2.82 bits per heavy atom. The molecule has 0 aliphatic rings. The molecule has 1 aromatic heterocycles. The lowest BCUT2D eigenvalue weighted by atomic mass is 10.1. The van der Waals surface area contributed by atoms with Gasteiger partial charge in [0.2, 0.25) is 0 Å². The van der Waals surface area contributed by atoms with Crippen molar-refractivity contribution in [2.45, 2.75) is 6.42 Å². The third-order valence-corrected chi connectivity index (χ3v) is 2.42. The van der Waals surface area contributed by atoms with Gasteiger partial charge in [-0.1, -0.05) is 0 Å². The highest BCUT2D eigenvalue weighted by Gasteiger charge is 2.08. The van der Waals surface area contributed by atoms with Crippen molar-refractivity contribution in [3.05, 3.63) is 65.0 Å². The van der Waals surface area contributed by atoms with E-state index in [-0.39, 0.29) is 12.0 Å². The number of carbonyl (C=O) groups is 1. The molecule has 1 heterocycles. The molecule has 4 heteroatoms. The van der Waals surface area contributed by atoms with Crippen molar-refractivity contribution < 1.29 is 13.6 Å². The van der Waals surface area contributed by atoms with E-state index in [0.29, 0.717) is 17.5 Å². The van der Waals surface area contributed by atoms with Crippen LogP contribution in [0.2, 0.25) is 0 Å². The second-order valence-electron chi connectivity index (χ2n) is 3.57. The Labute approximate surface area is 96.9 Å². The minimum atomic E-state index is -0.509. The molecule has 0 aliphatic carbocycles. The molecular formula is C13H9F2NO. The number of halogens is 2. The predicted octanol–water partition coefficient (Wildman–Crippen LogP) is 2.76. The van der Waals surface area contributed by atoms with Crippen LogP contribution in [0, 0.1) is 11.6 Å². The lowest BCUT2D eigenvalue weighted by molar-refractivity contribution is 0.112. The topological polar surface area (TPSA) is 30.0 Å². The van der Waals surface area contributed by atoms with Gasteiger partial charge >= 0.3 is 0 Å². The Morgan fingerprint density at radius 1 is 1.24 bits per heavy atom. The molecule has 0 radical (unpaired) electrons. The quantitative estimate of drug-likeness (QED) is 0.763. The first-order chi connectivity index (χ1) is 8.20. The van der Waals surface area contributed by atoms with Gasteiger partial charge in [0.25, 0.3) is 0 Å². The summed E-state index contributed by atoms with van der Waals surface area (Å²) in [5.41, 5.74) is 1.01. The molecule has 17 heavy (non-hydrogen) atoms. The zero-order valence-corrected chi connectivity index (χ0v) is 8.86. The number of hydrogen-bond donors (Lipinski definition) is 0. The van der Waals surface area contributed by atoms with E-state index in [1.807, 2.05) is 0 Å². The van der Waals surface area contributed by atoms with Crippen molar-refractivity contribution in [1.82, 2.24) is 4.98 Å². The average Bonchev–Trinajstić information content (AvgIpc) is 2.34. The Hall–Kier alpha value is -2.10. The summed E-state index contributed by atoms with van der Waals surface area (Å²) in [6, 6.07) is 6.44. The minimum Gasteiger partial charge on any atom is -0.298 e. The number of aldehydes is 1. The van der Waals surface area contributed by atoms with E-state index in [4.69, 9.17) is 0 Å². The van der Waals surface area contributed by atoms with Crippen molar-refractivity contribution >= 4 is 6.29 Å². The van der Waals surface area contributed by atoms with Crippen LogP contribution in [0.5, 0.6) is 0 Å². The maximum atomic E-state index is 13.4. The van der Waals surface area contributed by atoms with Crippen LogP contribution in [0.1, 0.15) is 21.6 Å². The van der Waals surface area contributed by atoms with Gasteiger partial charge in [-0.2, -0.15) is 0 Å². The molecule has 0 saturated heterocycles. The minimum absolute atomic E-state index is 0.0957. The molecule has 0 N–H and O–H groups in total. The van der Waals surface area contributed by atoms with Gasteiger partial charge in [-0.25, -0.2) is 8.78 Å². The van der Waals surface area contributed by atoms with E-state index < -0.39 is 11.6 Å². The number of nitrogens with zero attached hydrogens (tertiary/aromatic N) is 1. The number of carbonyl (C=O) groups excluding carboxylic acids is 1. The molecule has 0 unspecified atom stereocenters. The lowest BCUT2D eigenvalue weighted by Gasteiger charge is -2.05. The van der Waals surface area contributed by atoms with Crippen LogP contribution >= 0.6 is 0 Å². The smallest absolute Gasteiger partial charge is 0.151 e. The largest absolute Gasteiger partial charge is 0.298 e. The Morgan fingerprint density at radius 2 is 2.06 bits per heavy atom. The van der Waals surface area contributed by atoms with Crippen molar-refractivity contribution in [2.24, 2.45) is 0 Å². The first-order valence-electron chi connectivity index (χ1n) is 5.03. The molecule has 0 aliphatic heterocycles. The van der Waals surface area contributed by atoms with Gasteiger partial charge in [0.15, 0.2) is 6.29 Å². The van der Waals surface area contributed by atoms with Crippen molar-refractivity contribution in [3.8, 4) is 0 Å². The van der Waals surface area contributed by atoms with Crippen LogP contribution in [-0.2, 0) is 6.42 Å². The van der Waals surface area contributed by atoms with Crippen LogP contribution in [0.3, 0.4) is 0 Å². The zero-order valence-electron chi connectivity index (χ0n) is 8.86. The van der Waals surface area contributed by atoms with Crippen LogP contribution in [0.15, 0.2) is 36.5 Å². The zero-order chi connectivity index (χ0) is 12.3. The molecule has 2 aromatic rings. The Bertz CT molecular complexity index is 555. The predicted molar refractivity (Wildman–Crippen MR) is 58.8 cm³/mol. The summed E-state index contributed by atoms with van der Waals surface area (Å²) in [6.07, 6.45) is 2.26. The van der Waals surface area contributed by atoms with Gasteiger partial charge in [-0.3, -0.25) is 9.78 Å². The first kappa shape index (κ1) is 11.4. The van der Waals surface area contributed by atoms with Gasteiger partial charge in [0.05, 0.1) is 5.69 Å².